The van der Waals surface area contributed by atoms with Crippen LogP contribution >= 0.6 is 27.3 Å². The van der Waals surface area contributed by atoms with Crippen LogP contribution in [0.5, 0.6) is 0 Å². The molecule has 2 heterocycles. The van der Waals surface area contributed by atoms with Gasteiger partial charge in [-0.3, -0.25) is 14.7 Å². The number of carbonyl (C=O) groups is 1. The lowest BCUT2D eigenvalue weighted by Gasteiger charge is -1.97. The van der Waals surface area contributed by atoms with E-state index < -0.39 is 5.97 Å². The monoisotopic (exact) mass is 393 g/mol. The van der Waals surface area contributed by atoms with Crippen LogP contribution in [0.4, 0.5) is 0 Å². The fraction of sp³-hybridized carbons (Fsp3) is 0.133. The lowest BCUT2D eigenvalue weighted by Crippen LogP contribution is -2.19. The molecular weight excluding hydrogens is 382 g/mol. The van der Waals surface area contributed by atoms with Gasteiger partial charge in [-0.05, 0) is 19.1 Å². The summed E-state index contributed by atoms with van der Waals surface area (Å²) < 4.78 is 2.27. The molecule has 6 nitrogen and oxygen atoms in total. The maximum atomic E-state index is 12.3. The first kappa shape index (κ1) is 15.7. The molecule has 0 fully saturated rings. The smallest absolute Gasteiger partial charge is 0.308 e. The van der Waals surface area contributed by atoms with Gasteiger partial charge in [0.05, 0.1) is 17.7 Å². The maximum absolute atomic E-state index is 12.3. The number of benzene rings is 1. The van der Waals surface area contributed by atoms with Crippen LogP contribution in [0.2, 0.25) is 0 Å². The van der Waals surface area contributed by atoms with Gasteiger partial charge in [-0.1, -0.05) is 28.1 Å². The number of aromatic nitrogens is 3. The number of H-pyrrole nitrogens is 1. The normalized spacial score (nSPS) is 10.9. The highest BCUT2D eigenvalue weighted by Gasteiger charge is 2.17. The molecule has 3 aromatic rings. The first-order chi connectivity index (χ1) is 11.0. The van der Waals surface area contributed by atoms with Crippen LogP contribution in [0, 0.1) is 6.92 Å². The standard InChI is InChI=1S/C15H12BrN3O3S/c1-8-11(6-13(20)21)14(22)19(18-8)15-17-12(7-23-15)9-2-4-10(16)5-3-9/h2-5,7,18H,6H2,1H3,(H,20,21). The van der Waals surface area contributed by atoms with Gasteiger partial charge in [-0.25, -0.2) is 4.98 Å². The number of hydrogen-bond acceptors (Lipinski definition) is 4. The number of aryl methyl sites for hydroxylation is 1. The molecule has 3 rings (SSSR count). The molecule has 0 aliphatic heterocycles. The summed E-state index contributed by atoms with van der Waals surface area (Å²) in [7, 11) is 0. The largest absolute Gasteiger partial charge is 0.481 e. The number of aromatic amines is 1. The Morgan fingerprint density at radius 1 is 1.39 bits per heavy atom. The van der Waals surface area contributed by atoms with Gasteiger partial charge in [-0.2, -0.15) is 4.68 Å². The highest BCUT2D eigenvalue weighted by Crippen LogP contribution is 2.25. The number of carboxylic acid groups (broad SMARTS) is 1. The van der Waals surface area contributed by atoms with Crippen LogP contribution in [0.1, 0.15) is 11.3 Å². The van der Waals surface area contributed by atoms with Crippen LogP contribution in [0.15, 0.2) is 38.9 Å². The van der Waals surface area contributed by atoms with E-state index in [0.29, 0.717) is 10.8 Å². The molecule has 0 spiro atoms. The molecule has 0 aliphatic carbocycles. The molecule has 0 saturated carbocycles. The second-order valence-electron chi connectivity index (χ2n) is 4.95. The van der Waals surface area contributed by atoms with Gasteiger partial charge < -0.3 is 5.11 Å². The average molecular weight is 394 g/mol. The molecule has 2 N–H and O–H groups in total. The van der Waals surface area contributed by atoms with Crippen molar-refractivity contribution in [3.63, 3.8) is 0 Å². The summed E-state index contributed by atoms with van der Waals surface area (Å²) in [5.41, 5.74) is 2.12. The quantitative estimate of drug-likeness (QED) is 0.712. The highest BCUT2D eigenvalue weighted by molar-refractivity contribution is 9.10. The first-order valence-electron chi connectivity index (χ1n) is 6.70. The second-order valence-corrected chi connectivity index (χ2v) is 6.70. The lowest BCUT2D eigenvalue weighted by molar-refractivity contribution is -0.136. The van der Waals surface area contributed by atoms with E-state index in [2.05, 4.69) is 26.0 Å². The molecule has 8 heteroatoms. The van der Waals surface area contributed by atoms with Gasteiger partial charge in [-0.15, -0.1) is 11.3 Å². The zero-order valence-electron chi connectivity index (χ0n) is 12.0. The van der Waals surface area contributed by atoms with E-state index in [1.165, 1.54) is 16.0 Å². The Hall–Kier alpha value is -2.19. The molecule has 0 aliphatic rings. The molecule has 0 radical (unpaired) electrons. The summed E-state index contributed by atoms with van der Waals surface area (Å²) in [5, 5.41) is 14.1. The van der Waals surface area contributed by atoms with Crippen molar-refractivity contribution in [2.24, 2.45) is 0 Å². The summed E-state index contributed by atoms with van der Waals surface area (Å²) in [6.07, 6.45) is -0.306. The minimum Gasteiger partial charge on any atom is -0.481 e. The number of nitrogens with zero attached hydrogens (tertiary/aromatic N) is 2. The van der Waals surface area contributed by atoms with Crippen molar-refractivity contribution in [3.05, 3.63) is 55.7 Å². The first-order valence-corrected chi connectivity index (χ1v) is 8.37. The lowest BCUT2D eigenvalue weighted by atomic mass is 10.2. The van der Waals surface area contributed by atoms with E-state index >= 15 is 0 Å². The molecule has 23 heavy (non-hydrogen) atoms. The van der Waals surface area contributed by atoms with Crippen LogP contribution < -0.4 is 5.56 Å². The Bertz CT molecular complexity index is 924. The Labute approximate surface area is 143 Å². The van der Waals surface area contributed by atoms with Gasteiger partial charge in [0.25, 0.3) is 5.56 Å². The van der Waals surface area contributed by atoms with Crippen LogP contribution in [-0.4, -0.2) is 25.8 Å². The minimum atomic E-state index is -1.04. The Morgan fingerprint density at radius 2 is 2.09 bits per heavy atom. The summed E-state index contributed by atoms with van der Waals surface area (Å²) in [5.74, 6) is -1.04. The predicted octanol–water partition coefficient (Wildman–Crippen LogP) is 2.99. The molecule has 0 amide bonds. The molecule has 1 aromatic carbocycles. The Kier molecular flexibility index (Phi) is 4.18. The third-order valence-corrected chi connectivity index (χ3v) is 4.70. The van der Waals surface area contributed by atoms with Gasteiger partial charge >= 0.3 is 5.97 Å². The van der Waals surface area contributed by atoms with Gasteiger partial charge in [0.15, 0.2) is 0 Å². The third kappa shape index (κ3) is 3.13. The number of nitrogens with one attached hydrogen (secondary N) is 1. The van der Waals surface area contributed by atoms with Gasteiger partial charge in [0.2, 0.25) is 5.13 Å². The number of aliphatic carboxylic acids is 1. The summed E-state index contributed by atoms with van der Waals surface area (Å²) >= 11 is 4.70. The summed E-state index contributed by atoms with van der Waals surface area (Å²) in [6, 6.07) is 7.71. The molecule has 118 valence electrons. The van der Waals surface area contributed by atoms with Crippen LogP contribution in [0.25, 0.3) is 16.4 Å². The van der Waals surface area contributed by atoms with Crippen molar-refractivity contribution >= 4 is 33.2 Å². The molecule has 0 unspecified atom stereocenters. The van der Waals surface area contributed by atoms with E-state index in [9.17, 15) is 9.59 Å². The SMILES string of the molecule is Cc1[nH]n(-c2nc(-c3ccc(Br)cc3)cs2)c(=O)c1CC(=O)O. The molecule has 0 bridgehead atoms. The molecule has 2 aromatic heterocycles. The van der Waals surface area contributed by atoms with E-state index in [1.807, 2.05) is 29.6 Å². The topological polar surface area (TPSA) is 88.0 Å². The number of thiazole rings is 1. The van der Waals surface area contributed by atoms with Crippen LogP contribution in [-0.2, 0) is 11.2 Å². The molecule has 0 atom stereocenters. The van der Waals surface area contributed by atoms with Crippen molar-refractivity contribution in [2.45, 2.75) is 13.3 Å². The second kappa shape index (κ2) is 6.13. The average Bonchev–Trinajstić information content (AvgIpc) is 3.08. The zero-order valence-corrected chi connectivity index (χ0v) is 14.4. The number of halogens is 1. The van der Waals surface area contributed by atoms with Gasteiger partial charge in [0, 0.05) is 21.1 Å². The molecule has 0 saturated heterocycles. The van der Waals surface area contributed by atoms with Crippen LogP contribution in [0.3, 0.4) is 0 Å². The van der Waals surface area contributed by atoms with E-state index in [0.717, 1.165) is 15.7 Å². The summed E-state index contributed by atoms with van der Waals surface area (Å²) in [6.45, 7) is 1.68. The fourth-order valence-corrected chi connectivity index (χ4v) is 3.25. The number of carboxylic acids is 1. The Morgan fingerprint density at radius 3 is 2.74 bits per heavy atom. The van der Waals surface area contributed by atoms with Crippen molar-refractivity contribution in [1.82, 2.24) is 14.8 Å². The Balaban J connectivity index is 1.99. The number of rotatable bonds is 4. The fourth-order valence-electron chi connectivity index (χ4n) is 2.20. The highest BCUT2D eigenvalue weighted by atomic mass is 79.9. The van der Waals surface area contributed by atoms with Crippen molar-refractivity contribution in [3.8, 4) is 16.4 Å². The maximum Gasteiger partial charge on any atom is 0.308 e. The van der Waals surface area contributed by atoms with Crippen molar-refractivity contribution in [1.29, 1.82) is 0 Å². The zero-order chi connectivity index (χ0) is 16.6. The van der Waals surface area contributed by atoms with E-state index in [-0.39, 0.29) is 17.5 Å². The molecular formula is C15H12BrN3O3S. The van der Waals surface area contributed by atoms with E-state index in [4.69, 9.17) is 5.11 Å². The van der Waals surface area contributed by atoms with E-state index in [1.54, 1.807) is 6.92 Å². The minimum absolute atomic E-state index is 0.248. The van der Waals surface area contributed by atoms with Crippen molar-refractivity contribution < 1.29 is 9.90 Å². The summed E-state index contributed by atoms with van der Waals surface area (Å²) in [4.78, 5) is 27.7. The van der Waals surface area contributed by atoms with Crippen molar-refractivity contribution in [2.75, 3.05) is 0 Å². The third-order valence-electron chi connectivity index (χ3n) is 3.34. The predicted molar refractivity (Wildman–Crippen MR) is 91.3 cm³/mol. The van der Waals surface area contributed by atoms with Gasteiger partial charge in [0.1, 0.15) is 0 Å². The number of hydrogen-bond donors (Lipinski definition) is 2.